The van der Waals surface area contributed by atoms with E-state index in [-0.39, 0.29) is 6.54 Å². The molecule has 2 rings (SSSR count). The number of aryl methyl sites for hydroxylation is 2. The number of aromatic nitrogens is 1. The number of pyridine rings is 1. The lowest BCUT2D eigenvalue weighted by molar-refractivity contribution is 0.0523. The van der Waals surface area contributed by atoms with E-state index in [1.54, 1.807) is 27.7 Å². The van der Waals surface area contributed by atoms with E-state index >= 15 is 0 Å². The van der Waals surface area contributed by atoms with Gasteiger partial charge in [-0.1, -0.05) is 43.7 Å². The predicted octanol–water partition coefficient (Wildman–Crippen LogP) is 5.05. The average Bonchev–Trinajstić information content (AvgIpc) is 2.61. The van der Waals surface area contributed by atoms with Crippen LogP contribution in [0, 0.1) is 19.8 Å². The highest BCUT2D eigenvalue weighted by Gasteiger charge is 2.24. The molecule has 7 nitrogen and oxygen atoms in total. The van der Waals surface area contributed by atoms with Gasteiger partial charge in [0.05, 0.1) is 5.69 Å². The zero-order valence-electron chi connectivity index (χ0n) is 19.5. The van der Waals surface area contributed by atoms with Crippen molar-refractivity contribution >= 4 is 12.2 Å². The molecule has 0 bridgehead atoms. The highest BCUT2D eigenvalue weighted by Crippen LogP contribution is 2.38. The van der Waals surface area contributed by atoms with E-state index in [1.165, 1.54) is 0 Å². The maximum atomic E-state index is 12.3. The van der Waals surface area contributed by atoms with Gasteiger partial charge in [0.25, 0.3) is 0 Å². The third-order valence-corrected chi connectivity index (χ3v) is 4.46. The Morgan fingerprint density at radius 1 is 1.13 bits per heavy atom. The normalized spacial score (nSPS) is 11.4. The van der Waals surface area contributed by atoms with Crippen LogP contribution in [0.2, 0.25) is 0 Å². The molecule has 0 radical (unpaired) electrons. The molecular weight excluding hydrogens is 394 g/mol. The first kappa shape index (κ1) is 24.2. The second-order valence-electron chi connectivity index (χ2n) is 9.07. The number of hydrogen-bond acceptors (Lipinski definition) is 5. The van der Waals surface area contributed by atoms with Crippen LogP contribution < -0.4 is 15.8 Å². The molecule has 0 saturated carbocycles. The van der Waals surface area contributed by atoms with Crippen LogP contribution in [0.25, 0.3) is 11.1 Å². The van der Waals surface area contributed by atoms with Gasteiger partial charge in [-0.2, -0.15) is 0 Å². The second kappa shape index (κ2) is 9.81. The van der Waals surface area contributed by atoms with Crippen molar-refractivity contribution in [2.45, 2.75) is 67.0 Å². The number of alkyl carbamates (subject to hydrolysis) is 1. The van der Waals surface area contributed by atoms with Gasteiger partial charge in [0.2, 0.25) is 0 Å². The Balaban J connectivity index is 2.64. The van der Waals surface area contributed by atoms with Crippen molar-refractivity contribution in [2.75, 3.05) is 0 Å². The zero-order chi connectivity index (χ0) is 23.3. The quantitative estimate of drug-likeness (QED) is 0.672. The van der Waals surface area contributed by atoms with Crippen LogP contribution in [0.1, 0.15) is 57.1 Å². The Morgan fingerprint density at radius 3 is 2.26 bits per heavy atom. The maximum Gasteiger partial charge on any atom is 0.410 e. The van der Waals surface area contributed by atoms with Crippen molar-refractivity contribution in [3.63, 3.8) is 0 Å². The molecule has 2 amide bonds. The standard InChI is InChI=1S/C24H33N3O4/c1-14(2)12-19-18(13-26-23(29)31-24(5,6)7)20(17-10-8-15(3)9-11-17)21(16(4)27-19)30-22(25)28/h8-11,14H,12-13H2,1-7H3,(H2,25,28)(H,26,29). The number of carbonyl (C=O) groups excluding carboxylic acids is 2. The molecule has 7 heteroatoms. The number of benzene rings is 1. The molecule has 1 heterocycles. The van der Waals surface area contributed by atoms with Crippen LogP contribution in [-0.2, 0) is 17.7 Å². The molecule has 0 saturated heterocycles. The lowest BCUT2D eigenvalue weighted by Gasteiger charge is -2.23. The Hall–Kier alpha value is -3.09. The third kappa shape index (κ3) is 6.98. The molecule has 1 aromatic carbocycles. The Morgan fingerprint density at radius 2 is 1.74 bits per heavy atom. The number of rotatable bonds is 6. The highest BCUT2D eigenvalue weighted by atomic mass is 16.6. The molecule has 2 aromatic rings. The van der Waals surface area contributed by atoms with Gasteiger partial charge in [-0.3, -0.25) is 4.98 Å². The fraction of sp³-hybridized carbons (Fsp3) is 0.458. The maximum absolute atomic E-state index is 12.3. The van der Waals surface area contributed by atoms with Gasteiger partial charge >= 0.3 is 12.2 Å². The van der Waals surface area contributed by atoms with Crippen molar-refractivity contribution < 1.29 is 19.1 Å². The third-order valence-electron chi connectivity index (χ3n) is 4.46. The van der Waals surface area contributed by atoms with Crippen molar-refractivity contribution in [2.24, 2.45) is 11.7 Å². The Labute approximate surface area is 184 Å². The first-order chi connectivity index (χ1) is 14.4. The van der Waals surface area contributed by atoms with Gasteiger partial charge in [-0.05, 0) is 52.5 Å². The molecule has 0 aliphatic heterocycles. The lowest BCUT2D eigenvalue weighted by atomic mass is 9.93. The van der Waals surface area contributed by atoms with Gasteiger partial charge in [0.1, 0.15) is 5.60 Å². The zero-order valence-corrected chi connectivity index (χ0v) is 19.5. The fourth-order valence-electron chi connectivity index (χ4n) is 3.25. The second-order valence-corrected chi connectivity index (χ2v) is 9.07. The van der Waals surface area contributed by atoms with Crippen LogP contribution >= 0.6 is 0 Å². The van der Waals surface area contributed by atoms with Crippen molar-refractivity contribution in [1.82, 2.24) is 10.3 Å². The molecule has 0 fully saturated rings. The lowest BCUT2D eigenvalue weighted by Crippen LogP contribution is -2.32. The topological polar surface area (TPSA) is 104 Å². The van der Waals surface area contributed by atoms with Crippen LogP contribution in [0.5, 0.6) is 5.75 Å². The molecule has 0 unspecified atom stereocenters. The molecule has 0 spiro atoms. The van der Waals surface area contributed by atoms with E-state index in [0.29, 0.717) is 29.3 Å². The van der Waals surface area contributed by atoms with Gasteiger partial charge in [0, 0.05) is 23.4 Å². The summed E-state index contributed by atoms with van der Waals surface area (Å²) in [6.45, 7) is 13.6. The van der Waals surface area contributed by atoms with Crippen molar-refractivity contribution in [1.29, 1.82) is 0 Å². The van der Waals surface area contributed by atoms with E-state index in [0.717, 1.165) is 22.4 Å². The van der Waals surface area contributed by atoms with E-state index in [9.17, 15) is 9.59 Å². The molecule has 1 aromatic heterocycles. The Kier molecular flexibility index (Phi) is 7.65. The summed E-state index contributed by atoms with van der Waals surface area (Å²) >= 11 is 0. The summed E-state index contributed by atoms with van der Waals surface area (Å²) in [7, 11) is 0. The first-order valence-corrected chi connectivity index (χ1v) is 10.4. The van der Waals surface area contributed by atoms with Gasteiger partial charge in [-0.25, -0.2) is 9.59 Å². The molecule has 0 aliphatic carbocycles. The summed E-state index contributed by atoms with van der Waals surface area (Å²) in [4.78, 5) is 28.7. The summed E-state index contributed by atoms with van der Waals surface area (Å²) in [5, 5.41) is 2.82. The van der Waals surface area contributed by atoms with E-state index in [1.807, 2.05) is 31.2 Å². The summed E-state index contributed by atoms with van der Waals surface area (Å²) < 4.78 is 10.8. The highest BCUT2D eigenvalue weighted by molar-refractivity contribution is 5.80. The number of primary amides is 1. The summed E-state index contributed by atoms with van der Waals surface area (Å²) in [5.74, 6) is 0.630. The van der Waals surface area contributed by atoms with E-state index in [2.05, 4.69) is 19.2 Å². The number of nitrogens with zero attached hydrogens (tertiary/aromatic N) is 1. The average molecular weight is 428 g/mol. The fourth-order valence-corrected chi connectivity index (χ4v) is 3.25. The number of nitrogens with two attached hydrogens (primary N) is 1. The molecule has 168 valence electrons. The number of nitrogens with one attached hydrogen (secondary N) is 1. The molecule has 0 atom stereocenters. The minimum absolute atomic E-state index is 0.169. The minimum Gasteiger partial charge on any atom is -0.444 e. The van der Waals surface area contributed by atoms with Gasteiger partial charge < -0.3 is 20.5 Å². The van der Waals surface area contributed by atoms with Gasteiger partial charge in [-0.15, -0.1) is 0 Å². The monoisotopic (exact) mass is 427 g/mol. The molecule has 31 heavy (non-hydrogen) atoms. The Bertz CT molecular complexity index is 945. The van der Waals surface area contributed by atoms with Crippen LogP contribution in [0.3, 0.4) is 0 Å². The molecule has 0 aliphatic rings. The van der Waals surface area contributed by atoms with E-state index in [4.69, 9.17) is 20.2 Å². The number of carbonyl (C=O) groups is 2. The van der Waals surface area contributed by atoms with Crippen LogP contribution in [0.15, 0.2) is 24.3 Å². The van der Waals surface area contributed by atoms with E-state index < -0.39 is 17.8 Å². The SMILES string of the molecule is Cc1ccc(-c2c(CNC(=O)OC(C)(C)C)c(CC(C)C)nc(C)c2OC(N)=O)cc1. The summed E-state index contributed by atoms with van der Waals surface area (Å²) in [6.07, 6.45) is -0.751. The van der Waals surface area contributed by atoms with Crippen LogP contribution in [-0.4, -0.2) is 22.8 Å². The largest absolute Gasteiger partial charge is 0.444 e. The van der Waals surface area contributed by atoms with Crippen molar-refractivity contribution in [3.05, 3.63) is 46.8 Å². The minimum atomic E-state index is -0.916. The summed E-state index contributed by atoms with van der Waals surface area (Å²) in [5.41, 5.74) is 9.53. The van der Waals surface area contributed by atoms with Gasteiger partial charge in [0.15, 0.2) is 5.75 Å². The number of amides is 2. The van der Waals surface area contributed by atoms with Crippen molar-refractivity contribution in [3.8, 4) is 16.9 Å². The molecular formula is C24H33N3O4. The summed E-state index contributed by atoms with van der Waals surface area (Å²) in [6, 6.07) is 7.86. The predicted molar refractivity (Wildman–Crippen MR) is 121 cm³/mol. The first-order valence-electron chi connectivity index (χ1n) is 10.4. The smallest absolute Gasteiger partial charge is 0.410 e. The molecule has 3 N–H and O–H groups in total. The van der Waals surface area contributed by atoms with Crippen LogP contribution in [0.4, 0.5) is 9.59 Å². The number of ether oxygens (including phenoxy) is 2. The number of hydrogen-bond donors (Lipinski definition) is 2.